The zero-order valence-electron chi connectivity index (χ0n) is 14.1. The van der Waals surface area contributed by atoms with Crippen LogP contribution in [0.3, 0.4) is 0 Å². The van der Waals surface area contributed by atoms with Crippen LogP contribution in [0.15, 0.2) is 42.5 Å². The molecule has 3 aromatic rings. The maximum atomic E-state index is 12.7. The van der Waals surface area contributed by atoms with Crippen LogP contribution in [-0.2, 0) is 11.8 Å². The standard InChI is InChI=1S/C18H17F3N4O/c1-17(2,10-6-8-11(9-7-10)18(19,20)21)26-13-5-3-4-12-14(13)15(22)25-16(23)24-12/h3-9H,1-2H3,(H4,22,23,24,25). The van der Waals surface area contributed by atoms with Crippen LogP contribution in [0, 0.1) is 0 Å². The number of aromatic nitrogens is 2. The SMILES string of the molecule is CC(C)(Oc1cccc2nc(N)nc(N)c12)c1ccc(C(F)(F)F)cc1. The molecule has 4 N–H and O–H groups in total. The number of nitrogens with two attached hydrogens (primary N) is 2. The first kappa shape index (κ1) is 17.8. The van der Waals surface area contributed by atoms with Crippen LogP contribution in [0.2, 0.25) is 0 Å². The Morgan fingerprint density at radius 2 is 1.50 bits per heavy atom. The maximum absolute atomic E-state index is 12.7. The molecule has 8 heteroatoms. The molecule has 5 nitrogen and oxygen atoms in total. The van der Waals surface area contributed by atoms with Gasteiger partial charge in [0.05, 0.1) is 16.5 Å². The second-order valence-corrected chi connectivity index (χ2v) is 6.30. The molecule has 0 aliphatic heterocycles. The average Bonchev–Trinajstić information content (AvgIpc) is 2.53. The molecular formula is C18H17F3N4O. The number of ether oxygens (including phenoxy) is 1. The van der Waals surface area contributed by atoms with Crippen molar-refractivity contribution in [1.82, 2.24) is 9.97 Å². The minimum Gasteiger partial charge on any atom is -0.482 e. The third-order valence-corrected chi connectivity index (χ3v) is 4.00. The van der Waals surface area contributed by atoms with Gasteiger partial charge in [-0.1, -0.05) is 18.2 Å². The predicted octanol–water partition coefficient (Wildman–Crippen LogP) is 4.13. The van der Waals surface area contributed by atoms with Gasteiger partial charge in [0.25, 0.3) is 0 Å². The summed E-state index contributed by atoms with van der Waals surface area (Å²) in [7, 11) is 0. The Labute approximate surface area is 147 Å². The third-order valence-electron chi connectivity index (χ3n) is 4.00. The highest BCUT2D eigenvalue weighted by Crippen LogP contribution is 2.36. The van der Waals surface area contributed by atoms with E-state index in [9.17, 15) is 13.2 Å². The molecule has 0 unspecified atom stereocenters. The molecule has 0 bridgehead atoms. The van der Waals surface area contributed by atoms with E-state index in [0.717, 1.165) is 12.1 Å². The van der Waals surface area contributed by atoms with Gasteiger partial charge in [0, 0.05) is 0 Å². The van der Waals surface area contributed by atoms with E-state index < -0.39 is 17.3 Å². The largest absolute Gasteiger partial charge is 0.482 e. The molecule has 0 radical (unpaired) electrons. The van der Waals surface area contributed by atoms with Gasteiger partial charge in [-0.25, -0.2) is 4.98 Å². The van der Waals surface area contributed by atoms with Gasteiger partial charge in [-0.2, -0.15) is 18.2 Å². The average molecular weight is 362 g/mol. The van der Waals surface area contributed by atoms with Gasteiger partial charge < -0.3 is 16.2 Å². The lowest BCUT2D eigenvalue weighted by Gasteiger charge is -2.28. The van der Waals surface area contributed by atoms with Gasteiger partial charge in [0.15, 0.2) is 0 Å². The summed E-state index contributed by atoms with van der Waals surface area (Å²) in [5, 5.41) is 0.502. The van der Waals surface area contributed by atoms with Crippen molar-refractivity contribution in [2.75, 3.05) is 11.5 Å². The van der Waals surface area contributed by atoms with E-state index in [1.54, 1.807) is 32.0 Å². The summed E-state index contributed by atoms with van der Waals surface area (Å²) in [6, 6.07) is 10.00. The molecule has 1 heterocycles. The summed E-state index contributed by atoms with van der Waals surface area (Å²) in [5.74, 6) is 0.644. The predicted molar refractivity (Wildman–Crippen MR) is 93.5 cm³/mol. The van der Waals surface area contributed by atoms with E-state index in [0.29, 0.717) is 22.2 Å². The summed E-state index contributed by atoms with van der Waals surface area (Å²) in [6.07, 6.45) is -4.38. The smallest absolute Gasteiger partial charge is 0.416 e. The first-order valence-electron chi connectivity index (χ1n) is 7.76. The number of nitrogens with zero attached hydrogens (tertiary/aromatic N) is 2. The second kappa shape index (κ2) is 6.05. The summed E-state index contributed by atoms with van der Waals surface area (Å²) in [6.45, 7) is 3.51. The van der Waals surface area contributed by atoms with E-state index in [1.807, 2.05) is 0 Å². The molecule has 2 aromatic carbocycles. The highest BCUT2D eigenvalue weighted by molar-refractivity contribution is 5.94. The lowest BCUT2D eigenvalue weighted by atomic mass is 9.96. The molecule has 0 aliphatic carbocycles. The molecule has 0 atom stereocenters. The van der Waals surface area contributed by atoms with Crippen molar-refractivity contribution in [3.05, 3.63) is 53.6 Å². The van der Waals surface area contributed by atoms with Crippen LogP contribution in [0.4, 0.5) is 24.9 Å². The van der Waals surface area contributed by atoms with Gasteiger partial charge >= 0.3 is 6.18 Å². The normalized spacial score (nSPS) is 12.3. The van der Waals surface area contributed by atoms with E-state index in [-0.39, 0.29) is 11.8 Å². The number of benzene rings is 2. The topological polar surface area (TPSA) is 87.0 Å². The molecule has 0 aliphatic rings. The van der Waals surface area contributed by atoms with Crippen molar-refractivity contribution in [3.8, 4) is 5.75 Å². The van der Waals surface area contributed by atoms with Crippen molar-refractivity contribution >= 4 is 22.7 Å². The lowest BCUT2D eigenvalue weighted by molar-refractivity contribution is -0.137. The monoisotopic (exact) mass is 362 g/mol. The van der Waals surface area contributed by atoms with Crippen molar-refractivity contribution < 1.29 is 17.9 Å². The van der Waals surface area contributed by atoms with Gasteiger partial charge in [0.1, 0.15) is 17.2 Å². The molecule has 26 heavy (non-hydrogen) atoms. The molecular weight excluding hydrogens is 345 g/mol. The van der Waals surface area contributed by atoms with Crippen LogP contribution in [0.25, 0.3) is 10.9 Å². The Kier molecular flexibility index (Phi) is 4.14. The number of hydrogen-bond donors (Lipinski definition) is 2. The number of nitrogen functional groups attached to an aromatic ring is 2. The summed E-state index contributed by atoms with van der Waals surface area (Å²) in [5.41, 5.74) is 11.0. The van der Waals surface area contributed by atoms with Crippen molar-refractivity contribution in [1.29, 1.82) is 0 Å². The zero-order valence-corrected chi connectivity index (χ0v) is 14.1. The molecule has 0 amide bonds. The molecule has 0 saturated heterocycles. The number of rotatable bonds is 3. The van der Waals surface area contributed by atoms with Crippen LogP contribution in [0.5, 0.6) is 5.75 Å². The Hall–Kier alpha value is -3.03. The zero-order chi connectivity index (χ0) is 19.1. The fourth-order valence-electron chi connectivity index (χ4n) is 2.68. The Balaban J connectivity index is 1.99. The fourth-order valence-corrected chi connectivity index (χ4v) is 2.68. The number of hydrogen-bond acceptors (Lipinski definition) is 5. The van der Waals surface area contributed by atoms with E-state index in [2.05, 4.69) is 9.97 Å². The van der Waals surface area contributed by atoms with Crippen LogP contribution in [-0.4, -0.2) is 9.97 Å². The second-order valence-electron chi connectivity index (χ2n) is 6.30. The molecule has 3 rings (SSSR count). The number of halogens is 3. The third kappa shape index (κ3) is 3.35. The van der Waals surface area contributed by atoms with Gasteiger partial charge in [-0.05, 0) is 43.7 Å². The first-order chi connectivity index (χ1) is 12.1. The number of alkyl halides is 3. The molecule has 0 spiro atoms. The summed E-state index contributed by atoms with van der Waals surface area (Å²) >= 11 is 0. The summed E-state index contributed by atoms with van der Waals surface area (Å²) < 4.78 is 44.3. The Morgan fingerprint density at radius 1 is 0.885 bits per heavy atom. The quantitative estimate of drug-likeness (QED) is 0.732. The maximum Gasteiger partial charge on any atom is 0.416 e. The highest BCUT2D eigenvalue weighted by atomic mass is 19.4. The van der Waals surface area contributed by atoms with Crippen molar-refractivity contribution in [2.45, 2.75) is 25.6 Å². The van der Waals surface area contributed by atoms with E-state index in [4.69, 9.17) is 16.2 Å². The van der Waals surface area contributed by atoms with Crippen molar-refractivity contribution in [2.24, 2.45) is 0 Å². The van der Waals surface area contributed by atoms with Gasteiger partial charge in [0.2, 0.25) is 5.95 Å². The van der Waals surface area contributed by atoms with E-state index in [1.165, 1.54) is 12.1 Å². The molecule has 0 fully saturated rings. The molecule has 136 valence electrons. The molecule has 0 saturated carbocycles. The minimum absolute atomic E-state index is 0.0501. The lowest BCUT2D eigenvalue weighted by Crippen LogP contribution is -2.25. The van der Waals surface area contributed by atoms with Crippen LogP contribution >= 0.6 is 0 Å². The Bertz CT molecular complexity index is 953. The summed E-state index contributed by atoms with van der Waals surface area (Å²) in [4.78, 5) is 8.06. The Morgan fingerprint density at radius 3 is 2.12 bits per heavy atom. The number of anilines is 2. The molecule has 1 aromatic heterocycles. The van der Waals surface area contributed by atoms with Crippen molar-refractivity contribution in [3.63, 3.8) is 0 Å². The highest BCUT2D eigenvalue weighted by Gasteiger charge is 2.31. The fraction of sp³-hybridized carbons (Fsp3) is 0.222. The van der Waals surface area contributed by atoms with Gasteiger partial charge in [-0.3, -0.25) is 0 Å². The minimum atomic E-state index is -4.38. The first-order valence-corrected chi connectivity index (χ1v) is 7.76. The van der Waals surface area contributed by atoms with Crippen LogP contribution < -0.4 is 16.2 Å². The van der Waals surface area contributed by atoms with E-state index >= 15 is 0 Å². The van der Waals surface area contributed by atoms with Gasteiger partial charge in [-0.15, -0.1) is 0 Å². The van der Waals surface area contributed by atoms with Crippen LogP contribution in [0.1, 0.15) is 25.0 Å². The number of fused-ring (bicyclic) bond motifs is 1.